The van der Waals surface area contributed by atoms with Crippen molar-refractivity contribution in [2.45, 2.75) is 0 Å². The van der Waals surface area contributed by atoms with Crippen LogP contribution in [0.2, 0.25) is 0 Å². The van der Waals surface area contributed by atoms with E-state index in [1.54, 1.807) is 0 Å². The van der Waals surface area contributed by atoms with Crippen molar-refractivity contribution in [1.82, 2.24) is 15.0 Å². The van der Waals surface area contributed by atoms with Gasteiger partial charge in [-0.15, -0.1) is 0 Å². The molecule has 2 aliphatic heterocycles. The summed E-state index contributed by atoms with van der Waals surface area (Å²) in [4.78, 5) is 18.7. The molecular formula is C19H19N5. The van der Waals surface area contributed by atoms with Crippen molar-refractivity contribution >= 4 is 22.7 Å². The van der Waals surface area contributed by atoms with Gasteiger partial charge in [0.15, 0.2) is 0 Å². The second-order valence-electron chi connectivity index (χ2n) is 6.73. The molecule has 2 fully saturated rings. The Morgan fingerprint density at radius 3 is 2.08 bits per heavy atom. The average Bonchev–Trinajstić information content (AvgIpc) is 3.21. The molecule has 5 heteroatoms. The Bertz CT molecular complexity index is 852. The van der Waals surface area contributed by atoms with Crippen LogP contribution in [0.4, 0.5) is 11.6 Å². The molecule has 3 aromatic rings. The minimum Gasteiger partial charge on any atom is -0.356 e. The molecule has 2 atom stereocenters. The third kappa shape index (κ3) is 2.28. The quantitative estimate of drug-likeness (QED) is 0.727. The molecular weight excluding hydrogens is 298 g/mol. The largest absolute Gasteiger partial charge is 0.356 e. The number of para-hydroxylation sites is 2. The normalized spacial score (nSPS) is 23.0. The van der Waals surface area contributed by atoms with E-state index in [0.717, 1.165) is 48.8 Å². The molecule has 0 amide bonds. The molecule has 0 spiro atoms. The molecule has 2 aromatic heterocycles. The number of anilines is 2. The average molecular weight is 317 g/mol. The van der Waals surface area contributed by atoms with Gasteiger partial charge in [-0.3, -0.25) is 4.98 Å². The second-order valence-corrected chi connectivity index (χ2v) is 6.73. The molecule has 0 radical (unpaired) electrons. The minimum absolute atomic E-state index is 0.681. The van der Waals surface area contributed by atoms with E-state index in [2.05, 4.69) is 31.9 Å². The van der Waals surface area contributed by atoms with Crippen LogP contribution in [0.1, 0.15) is 0 Å². The fraction of sp³-hybridized carbons (Fsp3) is 0.316. The minimum atomic E-state index is 0.681. The van der Waals surface area contributed by atoms with Crippen LogP contribution in [0.15, 0.2) is 54.9 Å². The Labute approximate surface area is 141 Å². The van der Waals surface area contributed by atoms with Gasteiger partial charge in [-0.2, -0.15) is 0 Å². The van der Waals surface area contributed by atoms with Gasteiger partial charge in [0.2, 0.25) is 0 Å². The summed E-state index contributed by atoms with van der Waals surface area (Å²) in [7, 11) is 0. The Morgan fingerprint density at radius 1 is 0.708 bits per heavy atom. The lowest BCUT2D eigenvalue weighted by atomic mass is 10.0. The van der Waals surface area contributed by atoms with Crippen molar-refractivity contribution in [1.29, 1.82) is 0 Å². The van der Waals surface area contributed by atoms with E-state index in [9.17, 15) is 0 Å². The van der Waals surface area contributed by atoms with E-state index in [1.165, 1.54) is 0 Å². The molecule has 0 saturated carbocycles. The first-order valence-corrected chi connectivity index (χ1v) is 8.49. The molecule has 5 rings (SSSR count). The molecule has 4 heterocycles. The Hall–Kier alpha value is -2.69. The monoisotopic (exact) mass is 317 g/mol. The first kappa shape index (κ1) is 13.7. The van der Waals surface area contributed by atoms with Crippen molar-refractivity contribution in [2.24, 2.45) is 11.8 Å². The maximum atomic E-state index is 4.80. The molecule has 0 N–H and O–H groups in total. The number of nitrogens with zero attached hydrogens (tertiary/aromatic N) is 5. The van der Waals surface area contributed by atoms with Gasteiger partial charge in [0, 0.05) is 44.2 Å². The van der Waals surface area contributed by atoms with Crippen molar-refractivity contribution < 1.29 is 0 Å². The molecule has 5 nitrogen and oxygen atoms in total. The lowest BCUT2D eigenvalue weighted by molar-refractivity contribution is 0.533. The lowest BCUT2D eigenvalue weighted by Crippen LogP contribution is -2.29. The fourth-order valence-electron chi connectivity index (χ4n) is 4.01. The Kier molecular flexibility index (Phi) is 3.11. The van der Waals surface area contributed by atoms with Crippen LogP contribution in [0.25, 0.3) is 11.0 Å². The molecule has 1 aromatic carbocycles. The highest BCUT2D eigenvalue weighted by Crippen LogP contribution is 2.35. The third-order valence-corrected chi connectivity index (χ3v) is 5.22. The molecule has 0 aliphatic carbocycles. The summed E-state index contributed by atoms with van der Waals surface area (Å²) in [5.74, 6) is 3.47. The molecule has 120 valence electrons. The van der Waals surface area contributed by atoms with E-state index in [4.69, 9.17) is 4.98 Å². The van der Waals surface area contributed by atoms with E-state index >= 15 is 0 Å². The van der Waals surface area contributed by atoms with Crippen molar-refractivity contribution in [3.8, 4) is 0 Å². The Morgan fingerprint density at radius 2 is 1.38 bits per heavy atom. The first-order chi connectivity index (χ1) is 11.9. The number of fused-ring (bicyclic) bond motifs is 2. The lowest BCUT2D eigenvalue weighted by Gasteiger charge is -2.23. The first-order valence-electron chi connectivity index (χ1n) is 8.49. The highest BCUT2D eigenvalue weighted by atomic mass is 15.3. The predicted molar refractivity (Wildman–Crippen MR) is 95.2 cm³/mol. The van der Waals surface area contributed by atoms with Crippen LogP contribution in [0.5, 0.6) is 0 Å². The van der Waals surface area contributed by atoms with Crippen molar-refractivity contribution in [2.75, 3.05) is 36.0 Å². The van der Waals surface area contributed by atoms with Gasteiger partial charge in [-0.1, -0.05) is 18.2 Å². The summed E-state index contributed by atoms with van der Waals surface area (Å²) in [6.45, 7) is 4.28. The van der Waals surface area contributed by atoms with Crippen LogP contribution < -0.4 is 9.80 Å². The van der Waals surface area contributed by atoms with Gasteiger partial charge >= 0.3 is 0 Å². The van der Waals surface area contributed by atoms with Gasteiger partial charge in [0.25, 0.3) is 0 Å². The topological polar surface area (TPSA) is 45.2 Å². The molecule has 24 heavy (non-hydrogen) atoms. The number of rotatable bonds is 2. The number of hydrogen-bond acceptors (Lipinski definition) is 5. The van der Waals surface area contributed by atoms with Gasteiger partial charge in [0.05, 0.1) is 17.2 Å². The standard InChI is InChI=1S/C19H19N5/c1-2-6-17-16(5-1)21-9-19(22-17)24-12-14-10-23(11-15(14)13-24)18-7-3-4-8-20-18/h1-9,14-15H,10-13H2. The fourth-order valence-corrected chi connectivity index (χ4v) is 4.01. The number of hydrogen-bond donors (Lipinski definition) is 0. The van der Waals surface area contributed by atoms with Gasteiger partial charge in [-0.05, 0) is 24.3 Å². The zero-order valence-corrected chi connectivity index (χ0v) is 13.4. The highest BCUT2D eigenvalue weighted by molar-refractivity contribution is 5.75. The van der Waals surface area contributed by atoms with E-state index < -0.39 is 0 Å². The summed E-state index contributed by atoms with van der Waals surface area (Å²) in [6, 6.07) is 14.2. The highest BCUT2D eigenvalue weighted by Gasteiger charge is 2.40. The number of pyridine rings is 1. The van der Waals surface area contributed by atoms with E-state index in [1.807, 2.05) is 42.7 Å². The molecule has 2 saturated heterocycles. The maximum Gasteiger partial charge on any atom is 0.147 e. The number of benzene rings is 1. The summed E-state index contributed by atoms with van der Waals surface area (Å²) < 4.78 is 0. The van der Waals surface area contributed by atoms with Gasteiger partial charge in [-0.25, -0.2) is 9.97 Å². The summed E-state index contributed by atoms with van der Waals surface area (Å²) in [6.07, 6.45) is 3.79. The third-order valence-electron chi connectivity index (χ3n) is 5.22. The van der Waals surface area contributed by atoms with E-state index in [-0.39, 0.29) is 0 Å². The SMILES string of the molecule is c1ccc(N2CC3CN(c4cnc5ccccc5n4)CC3C2)nc1. The van der Waals surface area contributed by atoms with Crippen LogP contribution in [-0.2, 0) is 0 Å². The van der Waals surface area contributed by atoms with Gasteiger partial charge < -0.3 is 9.80 Å². The summed E-state index contributed by atoms with van der Waals surface area (Å²) in [5, 5.41) is 0. The van der Waals surface area contributed by atoms with Crippen molar-refractivity contribution in [3.63, 3.8) is 0 Å². The molecule has 2 aliphatic rings. The molecule has 2 unspecified atom stereocenters. The number of aromatic nitrogens is 3. The Balaban J connectivity index is 1.33. The van der Waals surface area contributed by atoms with Gasteiger partial charge in [0.1, 0.15) is 11.6 Å². The maximum absolute atomic E-state index is 4.80. The zero-order chi connectivity index (χ0) is 15.9. The van der Waals surface area contributed by atoms with Crippen LogP contribution >= 0.6 is 0 Å². The predicted octanol–water partition coefficient (Wildman–Crippen LogP) is 2.60. The van der Waals surface area contributed by atoms with Crippen LogP contribution in [-0.4, -0.2) is 41.1 Å². The van der Waals surface area contributed by atoms with Crippen LogP contribution in [0.3, 0.4) is 0 Å². The summed E-state index contributed by atoms with van der Waals surface area (Å²) >= 11 is 0. The van der Waals surface area contributed by atoms with E-state index in [0.29, 0.717) is 11.8 Å². The second kappa shape index (κ2) is 5.44. The summed E-state index contributed by atoms with van der Waals surface area (Å²) in [5.41, 5.74) is 1.93. The molecule has 0 bridgehead atoms. The van der Waals surface area contributed by atoms with Crippen LogP contribution in [0, 0.1) is 11.8 Å². The van der Waals surface area contributed by atoms with Crippen molar-refractivity contribution in [3.05, 3.63) is 54.9 Å². The zero-order valence-electron chi connectivity index (χ0n) is 13.4. The smallest absolute Gasteiger partial charge is 0.147 e.